The lowest BCUT2D eigenvalue weighted by molar-refractivity contribution is 0.0981. The Bertz CT molecular complexity index is 1410. The van der Waals surface area contributed by atoms with Gasteiger partial charge >= 0.3 is 0 Å². The summed E-state index contributed by atoms with van der Waals surface area (Å²) in [5, 5.41) is 4.11. The highest BCUT2D eigenvalue weighted by Crippen LogP contribution is 2.37. The van der Waals surface area contributed by atoms with E-state index in [1.54, 1.807) is 29.1 Å². The van der Waals surface area contributed by atoms with Gasteiger partial charge in [0.15, 0.2) is 10.8 Å². The summed E-state index contributed by atoms with van der Waals surface area (Å²) in [5.41, 5.74) is 5.46. The molecule has 37 heavy (non-hydrogen) atoms. The molecule has 0 unspecified atom stereocenters. The third-order valence-electron chi connectivity index (χ3n) is 6.05. The van der Waals surface area contributed by atoms with Gasteiger partial charge in [-0.25, -0.2) is 19.4 Å². The third kappa shape index (κ3) is 5.85. The maximum atomic E-state index is 13.3. The minimum Gasteiger partial charge on any atom is -0.476 e. The quantitative estimate of drug-likeness (QED) is 0.446. The highest BCUT2D eigenvalue weighted by molar-refractivity contribution is 7.90. The number of nitrogens with two attached hydrogens (primary N) is 1. The summed E-state index contributed by atoms with van der Waals surface area (Å²) in [7, 11) is -4.25. The smallest absolute Gasteiger partial charge is 0.281 e. The molecule has 202 valence electrons. The fourth-order valence-corrected chi connectivity index (χ4v) is 5.42. The number of hydrogen-bond acceptors (Lipinski definition) is 9. The van der Waals surface area contributed by atoms with Crippen molar-refractivity contribution >= 4 is 27.6 Å². The largest absolute Gasteiger partial charge is 0.476 e. The van der Waals surface area contributed by atoms with E-state index in [0.29, 0.717) is 42.5 Å². The van der Waals surface area contributed by atoms with E-state index in [1.807, 2.05) is 4.90 Å². The molecule has 0 bridgehead atoms. The van der Waals surface area contributed by atoms with Crippen LogP contribution in [0.15, 0.2) is 47.6 Å². The number of nitrogens with zero attached hydrogens (tertiary/aromatic N) is 5. The lowest BCUT2D eigenvalue weighted by Gasteiger charge is -2.34. The number of nitrogens with one attached hydrogen (secondary N) is 1. The van der Waals surface area contributed by atoms with Crippen molar-refractivity contribution in [1.82, 2.24) is 24.5 Å². The third-order valence-corrected chi connectivity index (χ3v) is 7.28. The second kappa shape index (κ2) is 10.0. The van der Waals surface area contributed by atoms with E-state index in [2.05, 4.69) is 49.4 Å². The Morgan fingerprint density at radius 3 is 2.65 bits per heavy atom. The monoisotopic (exact) mass is 531 g/mol. The first kappa shape index (κ1) is 26.4. The number of ether oxygens (including phenoxy) is 1. The van der Waals surface area contributed by atoms with Crippen molar-refractivity contribution in [1.29, 1.82) is 0 Å². The van der Waals surface area contributed by atoms with Crippen molar-refractivity contribution in [3.63, 3.8) is 0 Å². The number of sulfonamides is 1. The Morgan fingerprint density at radius 1 is 1.24 bits per heavy atom. The molecule has 1 atom stereocenters. The molecule has 0 saturated carbocycles. The average molecular weight is 532 g/mol. The Morgan fingerprint density at radius 2 is 2.00 bits per heavy atom. The molecule has 0 aromatic carbocycles. The predicted molar refractivity (Wildman–Crippen MR) is 144 cm³/mol. The summed E-state index contributed by atoms with van der Waals surface area (Å²) < 4.78 is 35.1. The molecular weight excluding hydrogens is 494 g/mol. The normalized spacial score (nSPS) is 17.2. The van der Waals surface area contributed by atoms with Crippen LogP contribution in [-0.4, -0.2) is 52.8 Å². The number of anilines is 2. The van der Waals surface area contributed by atoms with Crippen molar-refractivity contribution < 1.29 is 20.8 Å². The second-order valence-corrected chi connectivity index (χ2v) is 12.0. The molecule has 0 aliphatic carbocycles. The van der Waals surface area contributed by atoms with Crippen molar-refractivity contribution in [3.05, 3.63) is 48.2 Å². The zero-order valence-electron chi connectivity index (χ0n) is 21.7. The SMILES string of the molecule is CC(C)COc1ccn(-c2ccc(C(=O)NS(=O)(=O)c3cccc(N)n3)c(N3C[C@@H](C)CC3(C)C)n2)n1.[HH].[HH]. The molecule has 1 fully saturated rings. The van der Waals surface area contributed by atoms with Gasteiger partial charge < -0.3 is 15.4 Å². The van der Waals surface area contributed by atoms with E-state index >= 15 is 0 Å². The number of aromatic nitrogens is 4. The minimum absolute atomic E-state index is 0. The second-order valence-electron chi connectivity index (χ2n) is 10.4. The number of pyridine rings is 2. The van der Waals surface area contributed by atoms with Crippen molar-refractivity contribution in [3.8, 4) is 11.7 Å². The van der Waals surface area contributed by atoms with Gasteiger partial charge in [0.1, 0.15) is 11.6 Å². The van der Waals surface area contributed by atoms with Crippen LogP contribution in [0, 0.1) is 11.8 Å². The van der Waals surface area contributed by atoms with E-state index in [9.17, 15) is 13.2 Å². The summed E-state index contributed by atoms with van der Waals surface area (Å²) in [6, 6.07) is 9.13. The zero-order valence-corrected chi connectivity index (χ0v) is 22.5. The van der Waals surface area contributed by atoms with E-state index in [0.717, 1.165) is 6.42 Å². The van der Waals surface area contributed by atoms with E-state index in [1.165, 1.54) is 18.2 Å². The van der Waals surface area contributed by atoms with Crippen LogP contribution in [0.3, 0.4) is 0 Å². The predicted octanol–water partition coefficient (Wildman–Crippen LogP) is 3.51. The van der Waals surface area contributed by atoms with Crippen molar-refractivity contribution in [2.45, 2.75) is 51.6 Å². The van der Waals surface area contributed by atoms with Crippen LogP contribution in [0.1, 0.15) is 54.3 Å². The highest BCUT2D eigenvalue weighted by Gasteiger charge is 2.39. The fraction of sp³-hybridized carbons (Fsp3) is 0.440. The summed E-state index contributed by atoms with van der Waals surface area (Å²) >= 11 is 0. The van der Waals surface area contributed by atoms with Crippen LogP contribution in [0.4, 0.5) is 11.6 Å². The summed E-state index contributed by atoms with van der Waals surface area (Å²) in [4.78, 5) is 24.0. The Labute approximate surface area is 220 Å². The van der Waals surface area contributed by atoms with Gasteiger partial charge in [-0.05, 0) is 56.4 Å². The standard InChI is InChI=1S/C25H33N7O4S.2H2/c1-16(2)15-36-21-11-12-32(29-21)20-10-9-18(23(28-20)31-14-17(3)13-25(31,4)5)24(33)30-37(34,35)22-8-6-7-19(26)27-22;;/h6-12,16-17H,13-15H2,1-5H3,(H2,26,27)(H,30,33);2*1H/t17-;;/m0../s1. The number of rotatable bonds is 8. The van der Waals surface area contributed by atoms with Crippen molar-refractivity contribution in [2.24, 2.45) is 11.8 Å². The number of hydrogen-bond donors (Lipinski definition) is 2. The van der Waals surface area contributed by atoms with Crippen LogP contribution in [0.2, 0.25) is 0 Å². The fourth-order valence-electron chi connectivity index (χ4n) is 4.48. The molecular formula is C25H37N7O4S. The molecule has 4 heterocycles. The van der Waals surface area contributed by atoms with Crippen LogP contribution in [0.5, 0.6) is 5.88 Å². The van der Waals surface area contributed by atoms with Crippen LogP contribution in [-0.2, 0) is 10.0 Å². The Balaban J connectivity index is 0.00000267. The minimum atomic E-state index is -4.25. The van der Waals surface area contributed by atoms with Crippen LogP contribution in [0.25, 0.3) is 5.82 Å². The molecule has 1 amide bonds. The number of nitrogen functional groups attached to an aromatic ring is 1. The number of carbonyl (C=O) groups excluding carboxylic acids is 1. The molecule has 1 saturated heterocycles. The van der Waals surface area contributed by atoms with Gasteiger partial charge in [-0.1, -0.05) is 26.8 Å². The molecule has 1 aliphatic heterocycles. The first-order chi connectivity index (χ1) is 17.4. The average Bonchev–Trinajstić information content (AvgIpc) is 3.40. The summed E-state index contributed by atoms with van der Waals surface area (Å²) in [6.07, 6.45) is 2.62. The van der Waals surface area contributed by atoms with Crippen LogP contribution >= 0.6 is 0 Å². The van der Waals surface area contributed by atoms with Gasteiger partial charge in [0.05, 0.1) is 12.2 Å². The number of amides is 1. The first-order valence-electron chi connectivity index (χ1n) is 12.1. The van der Waals surface area contributed by atoms with Crippen LogP contribution < -0.4 is 20.1 Å². The number of carbonyl (C=O) groups is 1. The van der Waals surface area contributed by atoms with E-state index in [-0.39, 0.29) is 24.8 Å². The molecule has 12 heteroatoms. The molecule has 3 aromatic rings. The highest BCUT2D eigenvalue weighted by atomic mass is 32.2. The van der Waals surface area contributed by atoms with Gasteiger partial charge in [-0.3, -0.25) is 4.79 Å². The van der Waals surface area contributed by atoms with Crippen molar-refractivity contribution in [2.75, 3.05) is 23.8 Å². The Kier molecular flexibility index (Phi) is 7.13. The molecule has 3 aromatic heterocycles. The molecule has 11 nitrogen and oxygen atoms in total. The zero-order chi connectivity index (χ0) is 27.0. The molecule has 0 radical (unpaired) electrons. The van der Waals surface area contributed by atoms with Gasteiger partial charge in [-0.2, -0.15) is 8.42 Å². The van der Waals surface area contributed by atoms with Gasteiger partial charge in [0.25, 0.3) is 15.9 Å². The van der Waals surface area contributed by atoms with E-state index < -0.39 is 15.9 Å². The topological polar surface area (TPSA) is 145 Å². The first-order valence-corrected chi connectivity index (χ1v) is 13.6. The molecule has 1 aliphatic rings. The lowest BCUT2D eigenvalue weighted by atomic mass is 9.97. The summed E-state index contributed by atoms with van der Waals surface area (Å²) in [5.74, 6) is 1.25. The van der Waals surface area contributed by atoms with Gasteiger partial charge in [-0.15, -0.1) is 5.10 Å². The lowest BCUT2D eigenvalue weighted by Crippen LogP contribution is -2.41. The van der Waals surface area contributed by atoms with Gasteiger partial charge in [0, 0.05) is 27.2 Å². The summed E-state index contributed by atoms with van der Waals surface area (Å²) in [6.45, 7) is 11.6. The maximum Gasteiger partial charge on any atom is 0.281 e. The van der Waals surface area contributed by atoms with Gasteiger partial charge in [0.2, 0.25) is 5.88 Å². The Hall–Kier alpha value is -3.67. The molecule has 0 spiro atoms. The molecule has 4 rings (SSSR count). The van der Waals surface area contributed by atoms with E-state index in [4.69, 9.17) is 15.5 Å². The maximum absolute atomic E-state index is 13.3. The molecule has 3 N–H and O–H groups in total.